The van der Waals surface area contributed by atoms with Crippen molar-refractivity contribution >= 4 is 29.3 Å². The van der Waals surface area contributed by atoms with E-state index in [-0.39, 0.29) is 27.8 Å². The summed E-state index contributed by atoms with van der Waals surface area (Å²) in [7, 11) is 0. The van der Waals surface area contributed by atoms with Gasteiger partial charge in [0, 0.05) is 11.1 Å². The van der Waals surface area contributed by atoms with E-state index >= 15 is 0 Å². The second-order valence-corrected chi connectivity index (χ2v) is 9.88. The van der Waals surface area contributed by atoms with Crippen LogP contribution in [0.3, 0.4) is 0 Å². The molecule has 0 fully saturated rings. The molecule has 1 atom stereocenters. The maximum atomic E-state index is 13.3. The fourth-order valence-electron chi connectivity index (χ4n) is 4.63. The highest BCUT2D eigenvalue weighted by Crippen LogP contribution is 2.39. The van der Waals surface area contributed by atoms with Gasteiger partial charge in [0.25, 0.3) is 17.7 Å². The van der Waals surface area contributed by atoms with Gasteiger partial charge in [-0.1, -0.05) is 25.9 Å². The molecule has 0 spiro atoms. The lowest BCUT2D eigenvalue weighted by Gasteiger charge is -2.33. The van der Waals surface area contributed by atoms with Gasteiger partial charge in [0.15, 0.2) is 0 Å². The Bertz CT molecular complexity index is 1320. The van der Waals surface area contributed by atoms with Crippen LogP contribution >= 0.6 is 0 Å². The highest BCUT2D eigenvalue weighted by atomic mass is 19.1. The van der Waals surface area contributed by atoms with Gasteiger partial charge >= 0.3 is 0 Å². The number of anilines is 2. The standard InChI is InChI=1S/C26H24FN3O4/c1-26(2,3)15-5-11-21-20(13-15)23(34-29-21)28-22(31)14-4-10-18-19(12-14)25(33)30(24(18)32)17-8-6-16(27)7-9-17/h4,6-10,12,15H,5,11,13H2,1-3H3,(H,28,31)/t15-/m0/s1. The lowest BCUT2D eigenvalue weighted by molar-refractivity contribution is 0.0925. The molecule has 3 amide bonds. The van der Waals surface area contributed by atoms with E-state index in [4.69, 9.17) is 4.52 Å². The van der Waals surface area contributed by atoms with Gasteiger partial charge in [-0.25, -0.2) is 9.29 Å². The first-order chi connectivity index (χ1) is 16.1. The molecule has 2 heterocycles. The van der Waals surface area contributed by atoms with Crippen molar-refractivity contribution in [3.05, 3.63) is 76.2 Å². The van der Waals surface area contributed by atoms with Crippen molar-refractivity contribution in [2.75, 3.05) is 10.2 Å². The predicted octanol–water partition coefficient (Wildman–Crippen LogP) is 5.02. The van der Waals surface area contributed by atoms with E-state index in [0.717, 1.165) is 35.4 Å². The molecule has 0 saturated heterocycles. The fourth-order valence-corrected chi connectivity index (χ4v) is 4.63. The lowest BCUT2D eigenvalue weighted by atomic mass is 9.72. The minimum absolute atomic E-state index is 0.120. The van der Waals surface area contributed by atoms with Crippen molar-refractivity contribution in [2.24, 2.45) is 11.3 Å². The highest BCUT2D eigenvalue weighted by Gasteiger charge is 2.37. The van der Waals surface area contributed by atoms with Gasteiger partial charge in [-0.05, 0) is 73.1 Å². The Kier molecular flexibility index (Phi) is 5.11. The number of fused-ring (bicyclic) bond motifs is 2. The summed E-state index contributed by atoms with van der Waals surface area (Å²) in [6, 6.07) is 9.44. The van der Waals surface area contributed by atoms with E-state index in [1.165, 1.54) is 42.5 Å². The van der Waals surface area contributed by atoms with Gasteiger partial charge in [-0.15, -0.1) is 0 Å². The second-order valence-electron chi connectivity index (χ2n) is 9.88. The third-order valence-corrected chi connectivity index (χ3v) is 6.74. The van der Waals surface area contributed by atoms with E-state index in [0.29, 0.717) is 11.8 Å². The van der Waals surface area contributed by atoms with E-state index in [9.17, 15) is 18.8 Å². The van der Waals surface area contributed by atoms with Crippen LogP contribution in [0.4, 0.5) is 16.0 Å². The Morgan fingerprint density at radius 2 is 1.79 bits per heavy atom. The smallest absolute Gasteiger partial charge is 0.266 e. The number of aryl methyl sites for hydroxylation is 1. The number of rotatable bonds is 3. The van der Waals surface area contributed by atoms with E-state index in [1.807, 2.05) is 0 Å². The zero-order chi connectivity index (χ0) is 24.2. The van der Waals surface area contributed by atoms with Crippen LogP contribution in [0.5, 0.6) is 0 Å². The molecule has 0 saturated carbocycles. The van der Waals surface area contributed by atoms with Gasteiger partial charge in [0.2, 0.25) is 5.88 Å². The first-order valence-electron chi connectivity index (χ1n) is 11.2. The summed E-state index contributed by atoms with van der Waals surface area (Å²) in [5.74, 6) is -1.24. The number of carbonyl (C=O) groups excluding carboxylic acids is 3. The first-order valence-corrected chi connectivity index (χ1v) is 11.2. The Morgan fingerprint density at radius 1 is 1.09 bits per heavy atom. The molecule has 2 aliphatic rings. The third kappa shape index (κ3) is 3.69. The normalized spacial score (nSPS) is 17.5. The molecule has 2 aromatic carbocycles. The number of imide groups is 1. The van der Waals surface area contributed by atoms with Gasteiger partial charge in [0.05, 0.1) is 22.5 Å². The first kappa shape index (κ1) is 22.0. The van der Waals surface area contributed by atoms with E-state index < -0.39 is 23.5 Å². The van der Waals surface area contributed by atoms with E-state index in [2.05, 4.69) is 31.2 Å². The molecule has 1 aliphatic heterocycles. The topological polar surface area (TPSA) is 92.5 Å². The zero-order valence-electron chi connectivity index (χ0n) is 19.1. The predicted molar refractivity (Wildman–Crippen MR) is 123 cm³/mol. The lowest BCUT2D eigenvalue weighted by Crippen LogP contribution is -2.29. The van der Waals surface area contributed by atoms with Crippen LogP contribution in [0.15, 0.2) is 47.0 Å². The second kappa shape index (κ2) is 7.90. The number of amides is 3. The SMILES string of the molecule is CC(C)(C)[C@H]1CCc2noc(NC(=O)c3ccc4c(c3)C(=O)N(c3ccc(F)cc3)C4=O)c2C1. The maximum absolute atomic E-state index is 13.3. The molecular weight excluding hydrogens is 437 g/mol. The number of aromatic nitrogens is 1. The number of hydrogen-bond acceptors (Lipinski definition) is 5. The minimum Gasteiger partial charge on any atom is -0.338 e. The minimum atomic E-state index is -0.564. The monoisotopic (exact) mass is 461 g/mol. The third-order valence-electron chi connectivity index (χ3n) is 6.74. The van der Waals surface area contributed by atoms with Crippen molar-refractivity contribution < 1.29 is 23.3 Å². The molecule has 8 heteroatoms. The number of nitrogens with one attached hydrogen (secondary N) is 1. The summed E-state index contributed by atoms with van der Waals surface area (Å²) in [5.41, 5.74) is 2.69. The largest absolute Gasteiger partial charge is 0.338 e. The van der Waals surface area contributed by atoms with Gasteiger partial charge in [-0.2, -0.15) is 0 Å². The van der Waals surface area contributed by atoms with Crippen LogP contribution in [0.1, 0.15) is 69.5 Å². The molecule has 3 aromatic rings. The maximum Gasteiger partial charge on any atom is 0.266 e. The fraction of sp³-hybridized carbons (Fsp3) is 0.308. The van der Waals surface area contributed by atoms with Crippen molar-refractivity contribution in [3.8, 4) is 0 Å². The summed E-state index contributed by atoms with van der Waals surface area (Å²) in [5, 5.41) is 6.91. The molecule has 0 unspecified atom stereocenters. The molecule has 7 nitrogen and oxygen atoms in total. The summed E-state index contributed by atoms with van der Waals surface area (Å²) >= 11 is 0. The average Bonchev–Trinajstić information content (AvgIpc) is 3.31. The Morgan fingerprint density at radius 3 is 2.50 bits per heavy atom. The van der Waals surface area contributed by atoms with Gasteiger partial charge < -0.3 is 4.52 Å². The molecule has 34 heavy (non-hydrogen) atoms. The summed E-state index contributed by atoms with van der Waals surface area (Å²) < 4.78 is 18.7. The summed E-state index contributed by atoms with van der Waals surface area (Å²) in [6.45, 7) is 6.60. The van der Waals surface area contributed by atoms with Crippen molar-refractivity contribution in [3.63, 3.8) is 0 Å². The van der Waals surface area contributed by atoms with E-state index in [1.54, 1.807) is 0 Å². The molecule has 0 radical (unpaired) electrons. The number of benzene rings is 2. The summed E-state index contributed by atoms with van der Waals surface area (Å²) in [6.07, 6.45) is 2.58. The van der Waals surface area contributed by atoms with Crippen LogP contribution in [0.25, 0.3) is 0 Å². The van der Waals surface area contributed by atoms with Crippen molar-refractivity contribution in [2.45, 2.75) is 40.0 Å². The number of nitrogens with zero attached hydrogens (tertiary/aromatic N) is 2. The van der Waals surface area contributed by atoms with Crippen molar-refractivity contribution in [1.82, 2.24) is 5.16 Å². The average molecular weight is 461 g/mol. The number of carbonyl (C=O) groups is 3. The molecule has 1 aromatic heterocycles. The van der Waals surface area contributed by atoms with Gasteiger partial charge in [-0.3, -0.25) is 19.7 Å². The molecule has 5 rings (SSSR count). The number of halogens is 1. The number of hydrogen-bond donors (Lipinski definition) is 1. The van der Waals surface area contributed by atoms with Gasteiger partial charge in [0.1, 0.15) is 5.82 Å². The quantitative estimate of drug-likeness (QED) is 0.553. The van der Waals surface area contributed by atoms with Crippen LogP contribution in [-0.4, -0.2) is 22.9 Å². The van der Waals surface area contributed by atoms with Crippen LogP contribution < -0.4 is 10.2 Å². The Labute approximate surface area is 195 Å². The molecule has 1 N–H and O–H groups in total. The Balaban J connectivity index is 1.38. The van der Waals surface area contributed by atoms with Crippen LogP contribution in [0.2, 0.25) is 0 Å². The highest BCUT2D eigenvalue weighted by molar-refractivity contribution is 6.34. The molecule has 174 valence electrons. The Hall–Kier alpha value is -3.81. The molecular formula is C26H24FN3O4. The molecule has 1 aliphatic carbocycles. The zero-order valence-corrected chi connectivity index (χ0v) is 19.1. The van der Waals surface area contributed by atoms with Crippen LogP contribution in [-0.2, 0) is 12.8 Å². The molecule has 0 bridgehead atoms. The van der Waals surface area contributed by atoms with Crippen LogP contribution in [0, 0.1) is 17.2 Å². The van der Waals surface area contributed by atoms with Crippen molar-refractivity contribution in [1.29, 1.82) is 0 Å². The summed E-state index contributed by atoms with van der Waals surface area (Å²) in [4.78, 5) is 39.7.